The zero-order chi connectivity index (χ0) is 7.28. The molecule has 0 fully saturated rings. The molecule has 68 valence electrons. The molecule has 0 saturated carbocycles. The molecule has 0 aromatic heterocycles. The average Bonchev–Trinajstić information content (AvgIpc) is 1.87. The van der Waals surface area contributed by atoms with Crippen molar-refractivity contribution in [3.63, 3.8) is 0 Å². The van der Waals surface area contributed by atoms with E-state index >= 15 is 0 Å². The van der Waals surface area contributed by atoms with Gasteiger partial charge in [-0.05, 0) is 20.8 Å². The third kappa shape index (κ3) is 7.36. The molecule has 0 rings (SSSR count). The van der Waals surface area contributed by atoms with Gasteiger partial charge < -0.3 is 10.9 Å². The van der Waals surface area contributed by atoms with Gasteiger partial charge in [-0.1, -0.05) is 6.08 Å². The topological polar surface area (TPSA) is 61.3 Å². The number of ether oxygens (including phenoxy) is 1. The Hall–Kier alpha value is -0.540. The quantitative estimate of drug-likeness (QED) is 0.524. The van der Waals surface area contributed by atoms with Gasteiger partial charge in [-0.25, -0.2) is 4.79 Å². The van der Waals surface area contributed by atoms with E-state index in [4.69, 9.17) is 0 Å². The molecule has 0 aromatic rings. The number of carbonyl (C=O) groups is 1. The van der Waals surface area contributed by atoms with Gasteiger partial charge in [0.05, 0.1) is 6.61 Å². The fourth-order valence-corrected chi connectivity index (χ4v) is 0.363. The molecule has 0 aliphatic carbocycles. The highest BCUT2D eigenvalue weighted by molar-refractivity contribution is 5.87. The van der Waals surface area contributed by atoms with Crippen LogP contribution in [0.2, 0.25) is 0 Å². The molecule has 11 heavy (non-hydrogen) atoms. The molecule has 0 unspecified atom stereocenters. The van der Waals surface area contributed by atoms with Gasteiger partial charge in [-0.15, -0.1) is 12.4 Å². The second-order valence-electron chi connectivity index (χ2n) is 1.69. The SMILES string of the molecule is CC=C(C)C(=O)OCC.Cl.N. The van der Waals surface area contributed by atoms with Gasteiger partial charge in [0.2, 0.25) is 0 Å². The summed E-state index contributed by atoms with van der Waals surface area (Å²) < 4.78 is 4.69. The third-order valence-electron chi connectivity index (χ3n) is 1.03. The van der Waals surface area contributed by atoms with Crippen LogP contribution in [0.1, 0.15) is 20.8 Å². The van der Waals surface area contributed by atoms with Crippen molar-refractivity contribution in [2.24, 2.45) is 0 Å². The number of carbonyl (C=O) groups excluding carboxylic acids is 1. The standard InChI is InChI=1S/C7H12O2.ClH.H3N/c1-4-6(3)7(8)9-5-2;;/h4H,5H2,1-3H3;1H;1H3. The van der Waals surface area contributed by atoms with Crippen LogP contribution in [0.3, 0.4) is 0 Å². The predicted octanol–water partition coefficient (Wildman–Crippen LogP) is 2.10. The van der Waals surface area contributed by atoms with Crippen LogP contribution in [0.15, 0.2) is 11.6 Å². The first-order valence-corrected chi connectivity index (χ1v) is 3.02. The molecule has 0 bridgehead atoms. The van der Waals surface area contributed by atoms with Crippen molar-refractivity contribution in [1.82, 2.24) is 6.15 Å². The minimum Gasteiger partial charge on any atom is -0.463 e. The summed E-state index contributed by atoms with van der Waals surface area (Å²) in [6.07, 6.45) is 1.73. The summed E-state index contributed by atoms with van der Waals surface area (Å²) in [6, 6.07) is 0. The maximum atomic E-state index is 10.7. The summed E-state index contributed by atoms with van der Waals surface area (Å²) >= 11 is 0. The lowest BCUT2D eigenvalue weighted by atomic mass is 10.3. The zero-order valence-corrected chi connectivity index (χ0v) is 8.03. The van der Waals surface area contributed by atoms with E-state index in [-0.39, 0.29) is 24.5 Å². The summed E-state index contributed by atoms with van der Waals surface area (Å²) in [6.45, 7) is 5.79. The number of halogens is 1. The van der Waals surface area contributed by atoms with Crippen molar-refractivity contribution < 1.29 is 9.53 Å². The second-order valence-corrected chi connectivity index (χ2v) is 1.69. The van der Waals surface area contributed by atoms with E-state index in [0.717, 1.165) is 0 Å². The molecule has 3 nitrogen and oxygen atoms in total. The van der Waals surface area contributed by atoms with E-state index in [2.05, 4.69) is 4.74 Å². The number of hydrogen-bond acceptors (Lipinski definition) is 3. The summed E-state index contributed by atoms with van der Waals surface area (Å²) in [5.74, 6) is -0.222. The summed E-state index contributed by atoms with van der Waals surface area (Å²) in [4.78, 5) is 10.7. The Balaban J connectivity index is -0.000000320. The van der Waals surface area contributed by atoms with Crippen LogP contribution in [0.25, 0.3) is 0 Å². The van der Waals surface area contributed by atoms with Crippen molar-refractivity contribution in [2.45, 2.75) is 20.8 Å². The van der Waals surface area contributed by atoms with Crippen LogP contribution in [0.5, 0.6) is 0 Å². The van der Waals surface area contributed by atoms with E-state index in [1.54, 1.807) is 19.9 Å². The second kappa shape index (κ2) is 9.46. The maximum absolute atomic E-state index is 10.7. The van der Waals surface area contributed by atoms with Crippen LogP contribution in [0.4, 0.5) is 0 Å². The lowest BCUT2D eigenvalue weighted by Gasteiger charge is -1.98. The van der Waals surface area contributed by atoms with Gasteiger partial charge in [0.15, 0.2) is 0 Å². The molecule has 0 aliphatic heterocycles. The fourth-order valence-electron chi connectivity index (χ4n) is 0.363. The first-order valence-electron chi connectivity index (χ1n) is 3.02. The highest BCUT2D eigenvalue weighted by atomic mass is 35.5. The lowest BCUT2D eigenvalue weighted by molar-refractivity contribution is -0.138. The van der Waals surface area contributed by atoms with E-state index in [0.29, 0.717) is 12.2 Å². The van der Waals surface area contributed by atoms with Crippen molar-refractivity contribution in [3.05, 3.63) is 11.6 Å². The van der Waals surface area contributed by atoms with Crippen molar-refractivity contribution in [2.75, 3.05) is 6.61 Å². The van der Waals surface area contributed by atoms with Crippen molar-refractivity contribution >= 4 is 18.4 Å². The smallest absolute Gasteiger partial charge is 0.333 e. The minimum absolute atomic E-state index is 0. The largest absolute Gasteiger partial charge is 0.463 e. The highest BCUT2D eigenvalue weighted by Gasteiger charge is 2.00. The zero-order valence-electron chi connectivity index (χ0n) is 7.22. The summed E-state index contributed by atoms with van der Waals surface area (Å²) in [5, 5.41) is 0. The summed E-state index contributed by atoms with van der Waals surface area (Å²) in [7, 11) is 0. The number of rotatable bonds is 2. The molecular weight excluding hydrogens is 166 g/mol. The van der Waals surface area contributed by atoms with Crippen LogP contribution >= 0.6 is 12.4 Å². The van der Waals surface area contributed by atoms with Gasteiger partial charge in [0.1, 0.15) is 0 Å². The maximum Gasteiger partial charge on any atom is 0.333 e. The van der Waals surface area contributed by atoms with Crippen LogP contribution in [0, 0.1) is 0 Å². The van der Waals surface area contributed by atoms with Gasteiger partial charge >= 0.3 is 5.97 Å². The molecule has 4 heteroatoms. The summed E-state index contributed by atoms with van der Waals surface area (Å²) in [5.41, 5.74) is 0.664. The average molecular weight is 182 g/mol. The monoisotopic (exact) mass is 181 g/mol. The van der Waals surface area contributed by atoms with Gasteiger partial charge in [-0.2, -0.15) is 0 Å². The fraction of sp³-hybridized carbons (Fsp3) is 0.571. The Bertz CT molecular complexity index is 134. The van der Waals surface area contributed by atoms with E-state index in [1.165, 1.54) is 0 Å². The van der Waals surface area contributed by atoms with Gasteiger partial charge in [0.25, 0.3) is 0 Å². The Morgan fingerprint density at radius 2 is 2.00 bits per heavy atom. The Kier molecular flexibility index (Phi) is 14.5. The Morgan fingerprint density at radius 1 is 1.55 bits per heavy atom. The number of allylic oxidation sites excluding steroid dienone is 1. The first-order chi connectivity index (χ1) is 4.22. The Morgan fingerprint density at radius 3 is 2.27 bits per heavy atom. The number of esters is 1. The van der Waals surface area contributed by atoms with Crippen molar-refractivity contribution in [1.29, 1.82) is 0 Å². The van der Waals surface area contributed by atoms with E-state index < -0.39 is 0 Å². The Labute approximate surface area is 73.8 Å². The lowest BCUT2D eigenvalue weighted by Crippen LogP contribution is -2.04. The molecule has 0 saturated heterocycles. The molecule has 3 N–H and O–H groups in total. The molecule has 0 aliphatic rings. The first kappa shape index (κ1) is 16.8. The third-order valence-corrected chi connectivity index (χ3v) is 1.03. The van der Waals surface area contributed by atoms with Crippen LogP contribution in [-0.4, -0.2) is 12.6 Å². The minimum atomic E-state index is -0.222. The van der Waals surface area contributed by atoms with E-state index in [9.17, 15) is 4.79 Å². The molecule has 0 spiro atoms. The number of hydrogen-bond donors (Lipinski definition) is 1. The molecular formula is C7H16ClNO2. The van der Waals surface area contributed by atoms with Crippen LogP contribution in [-0.2, 0) is 9.53 Å². The molecule has 0 aromatic carbocycles. The van der Waals surface area contributed by atoms with Crippen LogP contribution < -0.4 is 6.15 Å². The highest BCUT2D eigenvalue weighted by Crippen LogP contribution is 1.94. The molecule has 0 radical (unpaired) electrons. The molecule has 0 heterocycles. The predicted molar refractivity (Wildman–Crippen MR) is 48.3 cm³/mol. The van der Waals surface area contributed by atoms with E-state index in [1.807, 2.05) is 6.92 Å². The van der Waals surface area contributed by atoms with Gasteiger partial charge in [-0.3, -0.25) is 0 Å². The van der Waals surface area contributed by atoms with Gasteiger partial charge in [0, 0.05) is 5.57 Å². The normalized spacial score (nSPS) is 9.18. The molecule has 0 atom stereocenters. The molecule has 0 amide bonds. The van der Waals surface area contributed by atoms with Crippen molar-refractivity contribution in [3.8, 4) is 0 Å².